The maximum absolute atomic E-state index is 12.8. The number of methoxy groups -OCH3 is 1. The fourth-order valence-corrected chi connectivity index (χ4v) is 0.891. The predicted octanol–water partition coefficient (Wildman–Crippen LogP) is 1.76. The van der Waals surface area contributed by atoms with Crippen molar-refractivity contribution in [2.45, 2.75) is 0 Å². The topological polar surface area (TPSA) is 35.2 Å². The van der Waals surface area contributed by atoms with E-state index >= 15 is 0 Å². The van der Waals surface area contributed by atoms with Crippen LogP contribution in [-0.4, -0.2) is 7.11 Å². The van der Waals surface area contributed by atoms with Gasteiger partial charge in [0.05, 0.1) is 7.11 Å². The van der Waals surface area contributed by atoms with Gasteiger partial charge in [0.1, 0.15) is 0 Å². The van der Waals surface area contributed by atoms with Crippen LogP contribution in [-0.2, 0) is 0 Å². The summed E-state index contributed by atoms with van der Waals surface area (Å²) in [5.74, 6) is -0.141. The Balaban J connectivity index is 3.05. The second-order valence-electron chi connectivity index (χ2n) is 2.25. The van der Waals surface area contributed by atoms with Crippen molar-refractivity contribution < 1.29 is 9.13 Å². The van der Waals surface area contributed by atoms with Gasteiger partial charge in [0, 0.05) is 0 Å². The highest BCUT2D eigenvalue weighted by Crippen LogP contribution is 2.18. The second-order valence-corrected chi connectivity index (χ2v) is 2.25. The molecule has 0 heterocycles. The molecular weight excluding hydrogens is 157 g/mol. The Hall–Kier alpha value is -1.51. The van der Waals surface area contributed by atoms with Gasteiger partial charge in [-0.1, -0.05) is 6.07 Å². The van der Waals surface area contributed by atoms with Crippen LogP contribution >= 0.6 is 0 Å². The normalized spacial score (nSPS) is 10.5. The molecule has 0 saturated carbocycles. The van der Waals surface area contributed by atoms with Gasteiger partial charge in [-0.3, -0.25) is 0 Å². The highest BCUT2D eigenvalue weighted by molar-refractivity contribution is 5.51. The highest BCUT2D eigenvalue weighted by atomic mass is 19.1. The van der Waals surface area contributed by atoms with E-state index in [0.717, 1.165) is 5.56 Å². The molecule has 0 fully saturated rings. The van der Waals surface area contributed by atoms with Gasteiger partial charge < -0.3 is 10.5 Å². The Kier molecular flexibility index (Phi) is 2.69. The molecule has 12 heavy (non-hydrogen) atoms. The monoisotopic (exact) mass is 167 g/mol. The average molecular weight is 167 g/mol. The lowest BCUT2D eigenvalue weighted by Crippen LogP contribution is -1.88. The Morgan fingerprint density at radius 3 is 2.83 bits per heavy atom. The van der Waals surface area contributed by atoms with E-state index in [2.05, 4.69) is 0 Å². The minimum absolute atomic E-state index is 0.227. The molecule has 0 spiro atoms. The fourth-order valence-electron chi connectivity index (χ4n) is 0.891. The van der Waals surface area contributed by atoms with E-state index in [4.69, 9.17) is 10.5 Å². The van der Waals surface area contributed by atoms with Gasteiger partial charge in [-0.05, 0) is 30.0 Å². The Bertz CT molecular complexity index is 297. The van der Waals surface area contributed by atoms with Crippen molar-refractivity contribution in [1.82, 2.24) is 0 Å². The number of hydrogen-bond acceptors (Lipinski definition) is 2. The summed E-state index contributed by atoms with van der Waals surface area (Å²) in [7, 11) is 1.42. The first-order chi connectivity index (χ1) is 5.77. The Labute approximate surface area is 70.5 Å². The van der Waals surface area contributed by atoms with Gasteiger partial charge in [-0.25, -0.2) is 4.39 Å². The van der Waals surface area contributed by atoms with Crippen molar-refractivity contribution in [2.24, 2.45) is 5.73 Å². The van der Waals surface area contributed by atoms with Crippen LogP contribution < -0.4 is 10.5 Å². The molecule has 0 aliphatic rings. The molecule has 0 aliphatic carbocycles. The van der Waals surface area contributed by atoms with E-state index in [-0.39, 0.29) is 11.6 Å². The summed E-state index contributed by atoms with van der Waals surface area (Å²) in [6, 6.07) is 4.55. The van der Waals surface area contributed by atoms with E-state index in [1.54, 1.807) is 18.2 Å². The van der Waals surface area contributed by atoms with Crippen LogP contribution in [0.15, 0.2) is 24.4 Å². The number of nitrogens with two attached hydrogens (primary N) is 1. The summed E-state index contributed by atoms with van der Waals surface area (Å²) in [6.07, 6.45) is 3.06. The number of halogens is 1. The van der Waals surface area contributed by atoms with Crippen LogP contribution in [0.1, 0.15) is 5.56 Å². The van der Waals surface area contributed by atoms with E-state index in [1.165, 1.54) is 19.4 Å². The van der Waals surface area contributed by atoms with Gasteiger partial charge in [0.25, 0.3) is 0 Å². The number of rotatable bonds is 2. The SMILES string of the molecule is COc1cc(/C=C/N)ccc1F. The Morgan fingerprint density at radius 1 is 1.50 bits per heavy atom. The summed E-state index contributed by atoms with van der Waals surface area (Å²) in [5.41, 5.74) is 5.99. The summed E-state index contributed by atoms with van der Waals surface area (Å²) in [4.78, 5) is 0. The van der Waals surface area contributed by atoms with Gasteiger partial charge >= 0.3 is 0 Å². The van der Waals surface area contributed by atoms with Crippen LogP contribution in [0.5, 0.6) is 5.75 Å². The minimum atomic E-state index is -0.369. The van der Waals surface area contributed by atoms with Crippen LogP contribution in [0.25, 0.3) is 6.08 Å². The average Bonchev–Trinajstić information content (AvgIpc) is 2.09. The third-order valence-corrected chi connectivity index (χ3v) is 1.46. The molecule has 0 aromatic heterocycles. The van der Waals surface area contributed by atoms with Crippen molar-refractivity contribution in [3.05, 3.63) is 35.8 Å². The first-order valence-electron chi connectivity index (χ1n) is 3.49. The van der Waals surface area contributed by atoms with Gasteiger partial charge in [-0.2, -0.15) is 0 Å². The van der Waals surface area contributed by atoms with Gasteiger partial charge in [0.15, 0.2) is 11.6 Å². The molecule has 0 radical (unpaired) electrons. The summed E-state index contributed by atoms with van der Waals surface area (Å²) in [6.45, 7) is 0. The van der Waals surface area contributed by atoms with Crippen LogP contribution in [0.4, 0.5) is 4.39 Å². The molecule has 0 saturated heterocycles. The third-order valence-electron chi connectivity index (χ3n) is 1.46. The lowest BCUT2D eigenvalue weighted by atomic mass is 10.2. The lowest BCUT2D eigenvalue weighted by molar-refractivity contribution is 0.386. The predicted molar refractivity (Wildman–Crippen MR) is 46.2 cm³/mol. The van der Waals surface area contributed by atoms with Crippen molar-refractivity contribution in [2.75, 3.05) is 7.11 Å². The maximum Gasteiger partial charge on any atom is 0.165 e. The minimum Gasteiger partial charge on any atom is -0.494 e. The molecule has 64 valence electrons. The molecule has 1 aromatic carbocycles. The van der Waals surface area contributed by atoms with Crippen molar-refractivity contribution >= 4 is 6.08 Å². The van der Waals surface area contributed by atoms with Crippen LogP contribution in [0.2, 0.25) is 0 Å². The lowest BCUT2D eigenvalue weighted by Gasteiger charge is -2.01. The van der Waals surface area contributed by atoms with Crippen molar-refractivity contribution in [3.63, 3.8) is 0 Å². The summed E-state index contributed by atoms with van der Waals surface area (Å²) in [5, 5.41) is 0. The highest BCUT2D eigenvalue weighted by Gasteiger charge is 2.00. The van der Waals surface area contributed by atoms with Gasteiger partial charge in [0.2, 0.25) is 0 Å². The smallest absolute Gasteiger partial charge is 0.165 e. The van der Waals surface area contributed by atoms with E-state index in [0.29, 0.717) is 0 Å². The van der Waals surface area contributed by atoms with E-state index in [9.17, 15) is 4.39 Å². The molecule has 0 unspecified atom stereocenters. The van der Waals surface area contributed by atoms with E-state index < -0.39 is 0 Å². The zero-order chi connectivity index (χ0) is 8.97. The number of ether oxygens (including phenoxy) is 1. The molecule has 2 nitrogen and oxygen atoms in total. The first-order valence-corrected chi connectivity index (χ1v) is 3.49. The maximum atomic E-state index is 12.8. The van der Waals surface area contributed by atoms with Crippen molar-refractivity contribution in [1.29, 1.82) is 0 Å². The molecule has 0 bridgehead atoms. The number of hydrogen-bond donors (Lipinski definition) is 1. The molecule has 2 N–H and O–H groups in total. The molecule has 1 aromatic rings. The van der Waals surface area contributed by atoms with Crippen LogP contribution in [0, 0.1) is 5.82 Å². The largest absolute Gasteiger partial charge is 0.494 e. The van der Waals surface area contributed by atoms with Crippen molar-refractivity contribution in [3.8, 4) is 5.75 Å². The third kappa shape index (κ3) is 1.75. The summed E-state index contributed by atoms with van der Waals surface area (Å²) >= 11 is 0. The summed E-state index contributed by atoms with van der Waals surface area (Å²) < 4.78 is 17.6. The Morgan fingerprint density at radius 2 is 2.25 bits per heavy atom. The van der Waals surface area contributed by atoms with Crippen LogP contribution in [0.3, 0.4) is 0 Å². The fraction of sp³-hybridized carbons (Fsp3) is 0.111. The first kappa shape index (κ1) is 8.59. The molecular formula is C9H10FNO. The zero-order valence-corrected chi connectivity index (χ0v) is 6.75. The second kappa shape index (κ2) is 3.76. The zero-order valence-electron chi connectivity index (χ0n) is 6.75. The number of benzene rings is 1. The standard InChI is InChI=1S/C9H10FNO/c1-12-9-6-7(4-5-11)2-3-8(9)10/h2-6H,11H2,1H3/b5-4+. The molecule has 0 aliphatic heterocycles. The molecule has 1 rings (SSSR count). The molecule has 3 heteroatoms. The van der Waals surface area contributed by atoms with E-state index in [1.807, 2.05) is 0 Å². The quantitative estimate of drug-likeness (QED) is 0.728. The molecule has 0 amide bonds. The van der Waals surface area contributed by atoms with Gasteiger partial charge in [-0.15, -0.1) is 0 Å². The molecule has 0 atom stereocenters.